The molecule has 2 rings (SSSR count). The molecule has 0 aromatic heterocycles. The van der Waals surface area contributed by atoms with Gasteiger partial charge in [-0.2, -0.15) is 0 Å². The van der Waals surface area contributed by atoms with Gasteiger partial charge in [0.25, 0.3) is 0 Å². The molecule has 0 heterocycles. The van der Waals surface area contributed by atoms with Gasteiger partial charge in [-0.15, -0.1) is 0 Å². The zero-order valence-electron chi connectivity index (χ0n) is 9.58. The van der Waals surface area contributed by atoms with E-state index in [1.54, 1.807) is 12.1 Å². The first-order valence-electron chi connectivity index (χ1n) is 5.85. The minimum atomic E-state index is -0.813. The van der Waals surface area contributed by atoms with Crippen LogP contribution in [0.3, 0.4) is 0 Å². The average molecular weight is 237 g/mol. The van der Waals surface area contributed by atoms with Gasteiger partial charge in [-0.25, -0.2) is 4.39 Å². The van der Waals surface area contributed by atoms with Crippen LogP contribution < -0.4 is 5.32 Å². The first-order chi connectivity index (χ1) is 8.12. The normalized spacial score (nSPS) is 18.2. The Kier molecular flexibility index (Phi) is 3.43. The summed E-state index contributed by atoms with van der Waals surface area (Å²) >= 11 is 0. The SMILES string of the molecule is O=C(O)C1(NCc2cccc(F)c2)CCCC1. The summed E-state index contributed by atoms with van der Waals surface area (Å²) in [6.07, 6.45) is 3.17. The van der Waals surface area contributed by atoms with Crippen molar-refractivity contribution >= 4 is 5.97 Å². The van der Waals surface area contributed by atoms with Gasteiger partial charge in [-0.1, -0.05) is 25.0 Å². The summed E-state index contributed by atoms with van der Waals surface area (Å²) in [7, 11) is 0. The molecule has 2 N–H and O–H groups in total. The van der Waals surface area contributed by atoms with Crippen molar-refractivity contribution in [2.75, 3.05) is 0 Å². The lowest BCUT2D eigenvalue weighted by Crippen LogP contribution is -2.49. The van der Waals surface area contributed by atoms with Crippen LogP contribution in [0.2, 0.25) is 0 Å². The third-order valence-corrected chi connectivity index (χ3v) is 3.39. The smallest absolute Gasteiger partial charge is 0.323 e. The Morgan fingerprint density at radius 2 is 2.12 bits per heavy atom. The lowest BCUT2D eigenvalue weighted by Gasteiger charge is -2.25. The topological polar surface area (TPSA) is 49.3 Å². The molecule has 3 nitrogen and oxygen atoms in total. The molecule has 0 bridgehead atoms. The molecule has 1 aliphatic rings. The van der Waals surface area contributed by atoms with Gasteiger partial charge in [-0.05, 0) is 30.5 Å². The molecule has 1 aliphatic carbocycles. The molecule has 1 aromatic carbocycles. The Morgan fingerprint density at radius 3 is 2.71 bits per heavy atom. The fourth-order valence-corrected chi connectivity index (χ4v) is 2.36. The Hall–Kier alpha value is -1.42. The zero-order chi connectivity index (χ0) is 12.3. The second kappa shape index (κ2) is 4.84. The quantitative estimate of drug-likeness (QED) is 0.844. The second-order valence-electron chi connectivity index (χ2n) is 4.58. The highest BCUT2D eigenvalue weighted by molar-refractivity contribution is 5.79. The maximum Gasteiger partial charge on any atom is 0.323 e. The first kappa shape index (κ1) is 12.0. The van der Waals surface area contributed by atoms with E-state index in [2.05, 4.69) is 5.32 Å². The van der Waals surface area contributed by atoms with Gasteiger partial charge in [0, 0.05) is 6.54 Å². The van der Waals surface area contributed by atoms with Crippen molar-refractivity contribution in [3.8, 4) is 0 Å². The molecular weight excluding hydrogens is 221 g/mol. The van der Waals surface area contributed by atoms with Crippen LogP contribution in [0.1, 0.15) is 31.2 Å². The third kappa shape index (κ3) is 2.64. The molecule has 0 aliphatic heterocycles. The van der Waals surface area contributed by atoms with Gasteiger partial charge in [0.05, 0.1) is 0 Å². The fraction of sp³-hybridized carbons (Fsp3) is 0.462. The maximum atomic E-state index is 13.0. The summed E-state index contributed by atoms with van der Waals surface area (Å²) in [5.74, 6) is -1.09. The van der Waals surface area contributed by atoms with E-state index in [0.717, 1.165) is 18.4 Å². The summed E-state index contributed by atoms with van der Waals surface area (Å²) < 4.78 is 13.0. The lowest BCUT2D eigenvalue weighted by atomic mass is 9.97. The standard InChI is InChI=1S/C13H16FNO2/c14-11-5-3-4-10(8-11)9-15-13(12(16)17)6-1-2-7-13/h3-5,8,15H,1-2,6-7,9H2,(H,16,17). The van der Waals surface area contributed by atoms with Gasteiger partial charge in [0.2, 0.25) is 0 Å². The van der Waals surface area contributed by atoms with Crippen molar-refractivity contribution in [2.24, 2.45) is 0 Å². The van der Waals surface area contributed by atoms with Crippen LogP contribution in [0.15, 0.2) is 24.3 Å². The Morgan fingerprint density at radius 1 is 1.41 bits per heavy atom. The summed E-state index contributed by atoms with van der Waals surface area (Å²) in [4.78, 5) is 11.3. The minimum absolute atomic E-state index is 0.292. The van der Waals surface area contributed by atoms with Crippen molar-refractivity contribution in [2.45, 2.75) is 37.8 Å². The number of hydrogen-bond donors (Lipinski definition) is 2. The van der Waals surface area contributed by atoms with Crippen LogP contribution in [0.4, 0.5) is 4.39 Å². The number of halogens is 1. The zero-order valence-corrected chi connectivity index (χ0v) is 9.58. The van der Waals surface area contributed by atoms with E-state index in [1.807, 2.05) is 0 Å². The molecule has 1 saturated carbocycles. The number of hydrogen-bond acceptors (Lipinski definition) is 2. The van der Waals surface area contributed by atoms with Gasteiger partial charge >= 0.3 is 5.97 Å². The highest BCUT2D eigenvalue weighted by atomic mass is 19.1. The number of rotatable bonds is 4. The van der Waals surface area contributed by atoms with Crippen molar-refractivity contribution in [1.82, 2.24) is 5.32 Å². The van der Waals surface area contributed by atoms with Crippen molar-refractivity contribution in [3.63, 3.8) is 0 Å². The Bertz CT molecular complexity index is 414. The molecule has 0 spiro atoms. The molecule has 4 heteroatoms. The van der Waals surface area contributed by atoms with Crippen LogP contribution in [-0.2, 0) is 11.3 Å². The predicted molar refractivity (Wildman–Crippen MR) is 62.1 cm³/mol. The monoisotopic (exact) mass is 237 g/mol. The van der Waals surface area contributed by atoms with Crippen molar-refractivity contribution < 1.29 is 14.3 Å². The van der Waals surface area contributed by atoms with Crippen molar-refractivity contribution in [1.29, 1.82) is 0 Å². The van der Waals surface area contributed by atoms with Gasteiger partial charge in [-0.3, -0.25) is 10.1 Å². The largest absolute Gasteiger partial charge is 0.480 e. The summed E-state index contributed by atoms with van der Waals surface area (Å²) in [5.41, 5.74) is -0.0377. The fourth-order valence-electron chi connectivity index (χ4n) is 2.36. The van der Waals surface area contributed by atoms with Crippen LogP contribution >= 0.6 is 0 Å². The molecule has 0 radical (unpaired) electrons. The Labute approximate surface area is 99.7 Å². The van der Waals surface area contributed by atoms with Gasteiger partial charge in [0.15, 0.2) is 0 Å². The number of carboxylic acid groups (broad SMARTS) is 1. The number of carbonyl (C=O) groups is 1. The first-order valence-corrected chi connectivity index (χ1v) is 5.85. The highest BCUT2D eigenvalue weighted by Crippen LogP contribution is 2.30. The minimum Gasteiger partial charge on any atom is -0.480 e. The lowest BCUT2D eigenvalue weighted by molar-refractivity contribution is -0.144. The summed E-state index contributed by atoms with van der Waals surface area (Å²) in [6.45, 7) is 0.393. The molecule has 0 saturated heterocycles. The summed E-state index contributed by atoms with van der Waals surface area (Å²) in [6, 6.07) is 6.23. The molecule has 0 atom stereocenters. The summed E-state index contributed by atoms with van der Waals surface area (Å²) in [5, 5.41) is 12.3. The molecule has 0 unspecified atom stereocenters. The van der Waals surface area contributed by atoms with E-state index < -0.39 is 11.5 Å². The highest BCUT2D eigenvalue weighted by Gasteiger charge is 2.40. The van der Waals surface area contributed by atoms with E-state index in [0.29, 0.717) is 19.4 Å². The van der Waals surface area contributed by atoms with Gasteiger partial charge in [0.1, 0.15) is 11.4 Å². The Balaban J connectivity index is 2.03. The van der Waals surface area contributed by atoms with Crippen LogP contribution in [0.5, 0.6) is 0 Å². The van der Waals surface area contributed by atoms with Crippen LogP contribution in [0, 0.1) is 5.82 Å². The number of carboxylic acids is 1. The van der Waals surface area contributed by atoms with Crippen LogP contribution in [-0.4, -0.2) is 16.6 Å². The molecule has 92 valence electrons. The van der Waals surface area contributed by atoms with Gasteiger partial charge < -0.3 is 5.11 Å². The molecule has 1 fully saturated rings. The van der Waals surface area contributed by atoms with Crippen LogP contribution in [0.25, 0.3) is 0 Å². The molecule has 17 heavy (non-hydrogen) atoms. The van der Waals surface area contributed by atoms with Crippen molar-refractivity contribution in [3.05, 3.63) is 35.6 Å². The van der Waals surface area contributed by atoms with E-state index in [9.17, 15) is 14.3 Å². The third-order valence-electron chi connectivity index (χ3n) is 3.39. The van der Waals surface area contributed by atoms with E-state index in [4.69, 9.17) is 0 Å². The molecular formula is C13H16FNO2. The van der Waals surface area contributed by atoms with E-state index in [-0.39, 0.29) is 5.82 Å². The molecule has 0 amide bonds. The number of nitrogens with one attached hydrogen (secondary N) is 1. The van der Waals surface area contributed by atoms with E-state index in [1.165, 1.54) is 12.1 Å². The molecule has 1 aromatic rings. The predicted octanol–water partition coefficient (Wildman–Crippen LogP) is 2.31. The van der Waals surface area contributed by atoms with E-state index >= 15 is 0 Å². The maximum absolute atomic E-state index is 13.0. The number of aliphatic carboxylic acids is 1. The number of benzene rings is 1. The average Bonchev–Trinajstić information content (AvgIpc) is 2.76. The second-order valence-corrected chi connectivity index (χ2v) is 4.58.